The minimum Gasteiger partial charge on any atom is -0.480 e. The van der Waals surface area contributed by atoms with Crippen LogP contribution in [-0.2, 0) is 4.79 Å². The molecule has 0 bridgehead atoms. The maximum absolute atomic E-state index is 11.6. The zero-order valence-electron chi connectivity index (χ0n) is 9.47. The zero-order valence-corrected chi connectivity index (χ0v) is 9.47. The third-order valence-corrected chi connectivity index (χ3v) is 2.12. The number of carboxylic acids is 1. The highest BCUT2D eigenvalue weighted by molar-refractivity contribution is 5.94. The number of nitrogens with one attached hydrogen (secondary N) is 1. The molecule has 1 aromatic heterocycles. The lowest BCUT2D eigenvalue weighted by molar-refractivity contribution is -0.139. The van der Waals surface area contributed by atoms with Crippen LogP contribution in [-0.4, -0.2) is 28.2 Å². The van der Waals surface area contributed by atoms with Gasteiger partial charge in [-0.25, -0.2) is 4.79 Å². The highest BCUT2D eigenvalue weighted by Crippen LogP contribution is 2.04. The van der Waals surface area contributed by atoms with Crippen molar-refractivity contribution in [2.45, 2.75) is 25.8 Å². The van der Waals surface area contributed by atoms with Crippen LogP contribution in [0.2, 0.25) is 0 Å². The number of carboxylic acid groups (broad SMARTS) is 1. The summed E-state index contributed by atoms with van der Waals surface area (Å²) < 4.78 is 4.73. The number of hydrogen-bond donors (Lipinski definition) is 2. The molecule has 1 rings (SSSR count). The first-order valence-electron chi connectivity index (χ1n) is 5.12. The Bertz CT molecular complexity index is 425. The molecule has 92 valence electrons. The Balaban J connectivity index is 2.63. The van der Waals surface area contributed by atoms with E-state index in [-0.39, 0.29) is 5.69 Å². The number of amides is 1. The fourth-order valence-corrected chi connectivity index (χ4v) is 1.25. The molecule has 2 N–H and O–H groups in total. The lowest BCUT2D eigenvalue weighted by Crippen LogP contribution is -2.40. The number of aliphatic carboxylic acids is 1. The van der Waals surface area contributed by atoms with Gasteiger partial charge < -0.3 is 14.9 Å². The van der Waals surface area contributed by atoms with Crippen LogP contribution in [0.15, 0.2) is 23.2 Å². The second-order valence-corrected chi connectivity index (χ2v) is 3.55. The molecule has 1 amide bonds. The highest BCUT2D eigenvalue weighted by Gasteiger charge is 2.21. The first kappa shape index (κ1) is 13.0. The van der Waals surface area contributed by atoms with Gasteiger partial charge in [0.2, 0.25) is 0 Å². The van der Waals surface area contributed by atoms with Gasteiger partial charge in [-0.3, -0.25) is 4.79 Å². The Morgan fingerprint density at radius 2 is 2.41 bits per heavy atom. The van der Waals surface area contributed by atoms with Crippen molar-refractivity contribution < 1.29 is 19.2 Å². The molecule has 0 fully saturated rings. The summed E-state index contributed by atoms with van der Waals surface area (Å²) in [6.07, 6.45) is 2.40. The van der Waals surface area contributed by atoms with Crippen molar-refractivity contribution in [1.29, 1.82) is 0 Å². The Morgan fingerprint density at radius 3 is 2.88 bits per heavy atom. The summed E-state index contributed by atoms with van der Waals surface area (Å²) in [5.74, 6) is -1.15. The van der Waals surface area contributed by atoms with E-state index in [1.807, 2.05) is 0 Å². The predicted molar refractivity (Wildman–Crippen MR) is 59.6 cm³/mol. The van der Waals surface area contributed by atoms with Crippen molar-refractivity contribution in [3.63, 3.8) is 0 Å². The fourth-order valence-electron chi connectivity index (χ4n) is 1.25. The van der Waals surface area contributed by atoms with Gasteiger partial charge in [0.05, 0.1) is 0 Å². The molecule has 0 aromatic carbocycles. The van der Waals surface area contributed by atoms with Crippen LogP contribution in [0.25, 0.3) is 0 Å². The molecule has 6 nitrogen and oxygen atoms in total. The second-order valence-electron chi connectivity index (χ2n) is 3.55. The second kappa shape index (κ2) is 5.83. The first-order valence-corrected chi connectivity index (χ1v) is 5.12. The largest absolute Gasteiger partial charge is 0.480 e. The van der Waals surface area contributed by atoms with Crippen LogP contribution in [0.5, 0.6) is 0 Å². The topological polar surface area (TPSA) is 92.4 Å². The third kappa shape index (κ3) is 3.75. The van der Waals surface area contributed by atoms with Gasteiger partial charge in [0.15, 0.2) is 5.69 Å². The Kier molecular flexibility index (Phi) is 4.45. The Labute approximate surface area is 98.3 Å². The number of aryl methyl sites for hydroxylation is 1. The van der Waals surface area contributed by atoms with Gasteiger partial charge >= 0.3 is 5.97 Å². The van der Waals surface area contributed by atoms with Crippen molar-refractivity contribution in [2.75, 3.05) is 0 Å². The normalized spacial score (nSPS) is 11.8. The number of allylic oxidation sites excluding steroid dienone is 1. The summed E-state index contributed by atoms with van der Waals surface area (Å²) in [5, 5.41) is 14.8. The Morgan fingerprint density at radius 1 is 1.71 bits per heavy atom. The molecule has 6 heteroatoms. The number of carbonyl (C=O) groups excluding carboxylic acids is 1. The third-order valence-electron chi connectivity index (χ3n) is 2.12. The monoisotopic (exact) mass is 238 g/mol. The lowest BCUT2D eigenvalue weighted by Gasteiger charge is -2.11. The van der Waals surface area contributed by atoms with Crippen molar-refractivity contribution in [3.8, 4) is 0 Å². The summed E-state index contributed by atoms with van der Waals surface area (Å²) in [4.78, 5) is 22.5. The molecular formula is C11H14N2O4. The van der Waals surface area contributed by atoms with E-state index < -0.39 is 17.9 Å². The average molecular weight is 238 g/mol. The molecule has 0 aliphatic rings. The molecule has 1 heterocycles. The smallest absolute Gasteiger partial charge is 0.326 e. The number of rotatable bonds is 6. The van der Waals surface area contributed by atoms with E-state index in [0.717, 1.165) is 0 Å². The van der Waals surface area contributed by atoms with Crippen LogP contribution >= 0.6 is 0 Å². The molecule has 1 aromatic rings. The number of nitrogens with zero attached hydrogens (tertiary/aromatic N) is 1. The average Bonchev–Trinajstić information content (AvgIpc) is 2.70. The van der Waals surface area contributed by atoms with E-state index in [2.05, 4.69) is 17.1 Å². The van der Waals surface area contributed by atoms with Crippen molar-refractivity contribution in [1.82, 2.24) is 10.5 Å². The van der Waals surface area contributed by atoms with Gasteiger partial charge in [-0.15, -0.1) is 6.58 Å². The van der Waals surface area contributed by atoms with Crippen molar-refractivity contribution in [3.05, 3.63) is 30.2 Å². The molecule has 0 radical (unpaired) electrons. The molecular weight excluding hydrogens is 224 g/mol. The van der Waals surface area contributed by atoms with E-state index in [1.165, 1.54) is 6.07 Å². The van der Waals surface area contributed by atoms with Gasteiger partial charge in [0, 0.05) is 6.07 Å². The van der Waals surface area contributed by atoms with Gasteiger partial charge in [-0.05, 0) is 19.8 Å². The highest BCUT2D eigenvalue weighted by atomic mass is 16.5. The van der Waals surface area contributed by atoms with E-state index in [1.54, 1.807) is 13.0 Å². The molecule has 0 saturated carbocycles. The van der Waals surface area contributed by atoms with Gasteiger partial charge in [0.1, 0.15) is 11.8 Å². The van der Waals surface area contributed by atoms with Gasteiger partial charge in [-0.1, -0.05) is 11.2 Å². The van der Waals surface area contributed by atoms with Crippen molar-refractivity contribution in [2.24, 2.45) is 0 Å². The zero-order chi connectivity index (χ0) is 12.8. The van der Waals surface area contributed by atoms with E-state index >= 15 is 0 Å². The quantitative estimate of drug-likeness (QED) is 0.725. The standard InChI is InChI=1S/C11H14N2O4/c1-3-4-5-8(11(15)16)12-10(14)9-6-7(2)17-13-9/h3,6,8H,1,4-5H2,2H3,(H,12,14)(H,15,16). The molecule has 0 saturated heterocycles. The first-order chi connectivity index (χ1) is 8.04. The van der Waals surface area contributed by atoms with Crippen LogP contribution < -0.4 is 5.32 Å². The predicted octanol–water partition coefficient (Wildman–Crippen LogP) is 1.13. The SMILES string of the molecule is C=CCCC(NC(=O)c1cc(C)on1)C(=O)O. The minimum absolute atomic E-state index is 0.0763. The molecule has 1 unspecified atom stereocenters. The summed E-state index contributed by atoms with van der Waals surface area (Å²) in [6, 6.07) is 0.499. The maximum atomic E-state index is 11.6. The lowest BCUT2D eigenvalue weighted by atomic mass is 10.1. The number of aromatic nitrogens is 1. The Hall–Kier alpha value is -2.11. The molecule has 1 atom stereocenters. The molecule has 0 aliphatic carbocycles. The van der Waals surface area contributed by atoms with Gasteiger partial charge in [-0.2, -0.15) is 0 Å². The van der Waals surface area contributed by atoms with E-state index in [9.17, 15) is 9.59 Å². The summed E-state index contributed by atoms with van der Waals surface area (Å²) in [6.45, 7) is 5.15. The van der Waals surface area contributed by atoms with E-state index in [4.69, 9.17) is 9.63 Å². The summed E-state index contributed by atoms with van der Waals surface area (Å²) in [5.41, 5.74) is 0.0763. The molecule has 17 heavy (non-hydrogen) atoms. The fraction of sp³-hybridized carbons (Fsp3) is 0.364. The van der Waals surface area contributed by atoms with Crippen molar-refractivity contribution >= 4 is 11.9 Å². The molecule has 0 aliphatic heterocycles. The minimum atomic E-state index is -1.08. The summed E-state index contributed by atoms with van der Waals surface area (Å²) >= 11 is 0. The van der Waals surface area contributed by atoms with Crippen LogP contribution in [0.4, 0.5) is 0 Å². The molecule has 0 spiro atoms. The number of hydrogen-bond acceptors (Lipinski definition) is 4. The number of carbonyl (C=O) groups is 2. The van der Waals surface area contributed by atoms with Gasteiger partial charge in [0.25, 0.3) is 5.91 Å². The summed E-state index contributed by atoms with van der Waals surface area (Å²) in [7, 11) is 0. The van der Waals surface area contributed by atoms with Crippen LogP contribution in [0, 0.1) is 6.92 Å². The van der Waals surface area contributed by atoms with E-state index in [0.29, 0.717) is 18.6 Å². The maximum Gasteiger partial charge on any atom is 0.326 e. The van der Waals surface area contributed by atoms with Crippen LogP contribution in [0.3, 0.4) is 0 Å². The van der Waals surface area contributed by atoms with Crippen LogP contribution in [0.1, 0.15) is 29.1 Å².